The minimum Gasteiger partial charge on any atom is -0.478 e. The molecule has 0 radical (unpaired) electrons. The molecule has 22 heavy (non-hydrogen) atoms. The van der Waals surface area contributed by atoms with Gasteiger partial charge < -0.3 is 10.4 Å². The molecule has 0 saturated carbocycles. The number of carbonyl (C=O) groups excluding carboxylic acids is 1. The molecule has 2 aromatic rings. The van der Waals surface area contributed by atoms with Crippen LogP contribution in [0.1, 0.15) is 27.4 Å². The number of nitrogens with one attached hydrogen (secondary N) is 2. The van der Waals surface area contributed by atoms with Crippen molar-refractivity contribution in [2.75, 3.05) is 10.6 Å². The summed E-state index contributed by atoms with van der Waals surface area (Å²) in [7, 11) is 0. The van der Waals surface area contributed by atoms with E-state index in [1.54, 1.807) is 6.92 Å². The summed E-state index contributed by atoms with van der Waals surface area (Å²) in [6, 6.07) is 5.39. The number of hydrogen-bond donors (Lipinski definition) is 3. The Hall–Kier alpha value is -2.96. The number of amides is 2. The van der Waals surface area contributed by atoms with Crippen molar-refractivity contribution in [2.45, 2.75) is 20.8 Å². The maximum absolute atomic E-state index is 11.9. The first kappa shape index (κ1) is 15.4. The molecular weight excluding hydrogens is 284 g/mol. The fourth-order valence-corrected chi connectivity index (χ4v) is 1.80. The largest absolute Gasteiger partial charge is 0.478 e. The van der Waals surface area contributed by atoms with Crippen LogP contribution in [-0.4, -0.2) is 27.1 Å². The number of rotatable bonds is 3. The van der Waals surface area contributed by atoms with Gasteiger partial charge in [-0.05, 0) is 45.0 Å². The molecular formula is C15H16N4O3. The SMILES string of the molecule is Cc1nc(C)c(NC(=O)Nc2ccc(C(=O)O)cc2)nc1C. The van der Waals surface area contributed by atoms with Crippen molar-refractivity contribution in [2.24, 2.45) is 0 Å². The highest BCUT2D eigenvalue weighted by atomic mass is 16.4. The minimum absolute atomic E-state index is 0.154. The molecule has 114 valence electrons. The number of urea groups is 1. The van der Waals surface area contributed by atoms with E-state index in [-0.39, 0.29) is 5.56 Å². The van der Waals surface area contributed by atoms with Crippen molar-refractivity contribution in [1.82, 2.24) is 9.97 Å². The molecule has 0 aliphatic heterocycles. The number of carboxylic acids is 1. The Bertz CT molecular complexity index is 726. The molecule has 7 nitrogen and oxygen atoms in total. The highest BCUT2D eigenvalue weighted by Crippen LogP contribution is 2.14. The van der Waals surface area contributed by atoms with Crippen LogP contribution in [0.4, 0.5) is 16.3 Å². The fraction of sp³-hybridized carbons (Fsp3) is 0.200. The van der Waals surface area contributed by atoms with E-state index < -0.39 is 12.0 Å². The first-order valence-corrected chi connectivity index (χ1v) is 6.60. The van der Waals surface area contributed by atoms with Gasteiger partial charge >= 0.3 is 12.0 Å². The van der Waals surface area contributed by atoms with Crippen LogP contribution in [-0.2, 0) is 0 Å². The van der Waals surface area contributed by atoms with Gasteiger partial charge in [0.05, 0.1) is 22.6 Å². The molecule has 3 N–H and O–H groups in total. The van der Waals surface area contributed by atoms with Crippen molar-refractivity contribution in [3.63, 3.8) is 0 Å². The van der Waals surface area contributed by atoms with Crippen LogP contribution in [0.5, 0.6) is 0 Å². The molecule has 1 aromatic heterocycles. The smallest absolute Gasteiger partial charge is 0.335 e. The number of aromatic carboxylic acids is 1. The van der Waals surface area contributed by atoms with Crippen molar-refractivity contribution in [3.05, 3.63) is 46.9 Å². The number of carboxylic acid groups (broad SMARTS) is 1. The molecule has 7 heteroatoms. The van der Waals surface area contributed by atoms with Crippen molar-refractivity contribution in [1.29, 1.82) is 0 Å². The van der Waals surface area contributed by atoms with Gasteiger partial charge in [0.2, 0.25) is 0 Å². The molecule has 0 unspecified atom stereocenters. The molecule has 0 spiro atoms. The number of aryl methyl sites for hydroxylation is 3. The second kappa shape index (κ2) is 6.21. The van der Waals surface area contributed by atoms with E-state index >= 15 is 0 Å². The van der Waals surface area contributed by atoms with E-state index in [0.29, 0.717) is 17.2 Å². The Labute approximate surface area is 127 Å². The first-order chi connectivity index (χ1) is 10.4. The van der Waals surface area contributed by atoms with Gasteiger partial charge in [0.25, 0.3) is 0 Å². The topological polar surface area (TPSA) is 104 Å². The number of nitrogens with zero attached hydrogens (tertiary/aromatic N) is 2. The maximum Gasteiger partial charge on any atom is 0.335 e. The fourth-order valence-electron chi connectivity index (χ4n) is 1.80. The summed E-state index contributed by atoms with van der Waals surface area (Å²) in [6.07, 6.45) is 0. The number of hydrogen-bond acceptors (Lipinski definition) is 4. The lowest BCUT2D eigenvalue weighted by atomic mass is 10.2. The van der Waals surface area contributed by atoms with E-state index in [1.807, 2.05) is 13.8 Å². The summed E-state index contributed by atoms with van der Waals surface area (Å²) in [5, 5.41) is 14.0. The number of carbonyl (C=O) groups is 2. The Kier molecular flexibility index (Phi) is 4.36. The standard InChI is InChI=1S/C15H16N4O3/c1-8-9(2)17-13(10(3)16-8)19-15(22)18-12-6-4-11(5-7-12)14(20)21/h4-7H,1-3H3,(H,20,21)(H2,17,18,19,22). The predicted molar refractivity (Wildman–Crippen MR) is 82.3 cm³/mol. The average Bonchev–Trinajstić information content (AvgIpc) is 2.45. The first-order valence-electron chi connectivity index (χ1n) is 6.60. The highest BCUT2D eigenvalue weighted by Gasteiger charge is 2.10. The molecule has 2 rings (SSSR count). The van der Waals surface area contributed by atoms with E-state index in [2.05, 4.69) is 20.6 Å². The van der Waals surface area contributed by atoms with E-state index in [0.717, 1.165) is 11.4 Å². The van der Waals surface area contributed by atoms with Crippen LogP contribution in [0.3, 0.4) is 0 Å². The lowest BCUT2D eigenvalue weighted by molar-refractivity contribution is 0.0697. The zero-order valence-corrected chi connectivity index (χ0v) is 12.5. The summed E-state index contributed by atoms with van der Waals surface area (Å²) < 4.78 is 0. The molecule has 0 atom stereocenters. The van der Waals surface area contributed by atoms with Gasteiger partial charge in [-0.15, -0.1) is 0 Å². The Morgan fingerprint density at radius 1 is 0.909 bits per heavy atom. The number of aromatic nitrogens is 2. The molecule has 0 saturated heterocycles. The molecule has 2 amide bonds. The summed E-state index contributed by atoms with van der Waals surface area (Å²) in [5.41, 5.74) is 2.82. The van der Waals surface area contributed by atoms with Crippen molar-refractivity contribution in [3.8, 4) is 0 Å². The lowest BCUT2D eigenvalue weighted by Gasteiger charge is -2.10. The summed E-state index contributed by atoms with van der Waals surface area (Å²) in [4.78, 5) is 31.3. The molecule has 0 aliphatic carbocycles. The van der Waals surface area contributed by atoms with Crippen LogP contribution in [0, 0.1) is 20.8 Å². The highest BCUT2D eigenvalue weighted by molar-refractivity contribution is 5.99. The predicted octanol–water partition coefficient (Wildman–Crippen LogP) is 2.74. The lowest BCUT2D eigenvalue weighted by Crippen LogP contribution is -2.21. The zero-order valence-electron chi connectivity index (χ0n) is 12.5. The van der Waals surface area contributed by atoms with Gasteiger partial charge in [-0.25, -0.2) is 14.6 Å². The number of benzene rings is 1. The van der Waals surface area contributed by atoms with Gasteiger partial charge in [0, 0.05) is 5.69 Å². The minimum atomic E-state index is -1.02. The second-order valence-corrected chi connectivity index (χ2v) is 4.79. The summed E-state index contributed by atoms with van der Waals surface area (Å²) >= 11 is 0. The van der Waals surface area contributed by atoms with E-state index in [4.69, 9.17) is 5.11 Å². The summed E-state index contributed by atoms with van der Waals surface area (Å²) in [6.45, 7) is 5.43. The van der Waals surface area contributed by atoms with Crippen LogP contribution >= 0.6 is 0 Å². The molecule has 1 aromatic carbocycles. The van der Waals surface area contributed by atoms with Gasteiger partial charge in [-0.1, -0.05) is 0 Å². The molecule has 1 heterocycles. The van der Waals surface area contributed by atoms with Crippen LogP contribution < -0.4 is 10.6 Å². The van der Waals surface area contributed by atoms with Gasteiger partial charge in [-0.2, -0.15) is 0 Å². The second-order valence-electron chi connectivity index (χ2n) is 4.79. The Morgan fingerprint density at radius 2 is 1.50 bits per heavy atom. The molecule has 0 bridgehead atoms. The molecule has 0 aliphatic rings. The maximum atomic E-state index is 11.9. The van der Waals surface area contributed by atoms with Gasteiger partial charge in [-0.3, -0.25) is 10.3 Å². The number of anilines is 2. The third-order valence-electron chi connectivity index (χ3n) is 3.10. The summed E-state index contributed by atoms with van der Waals surface area (Å²) in [5.74, 6) is -0.625. The molecule has 0 fully saturated rings. The van der Waals surface area contributed by atoms with Crippen LogP contribution in [0.15, 0.2) is 24.3 Å². The van der Waals surface area contributed by atoms with Crippen molar-refractivity contribution >= 4 is 23.5 Å². The third-order valence-corrected chi connectivity index (χ3v) is 3.10. The zero-order chi connectivity index (χ0) is 16.3. The van der Waals surface area contributed by atoms with Crippen molar-refractivity contribution < 1.29 is 14.7 Å². The monoisotopic (exact) mass is 300 g/mol. The average molecular weight is 300 g/mol. The van der Waals surface area contributed by atoms with Crippen LogP contribution in [0.2, 0.25) is 0 Å². The van der Waals surface area contributed by atoms with Gasteiger partial charge in [0.15, 0.2) is 5.82 Å². The third kappa shape index (κ3) is 3.57. The van der Waals surface area contributed by atoms with E-state index in [1.165, 1.54) is 24.3 Å². The van der Waals surface area contributed by atoms with E-state index in [9.17, 15) is 9.59 Å². The quantitative estimate of drug-likeness (QED) is 0.808. The van der Waals surface area contributed by atoms with Crippen LogP contribution in [0.25, 0.3) is 0 Å². The van der Waals surface area contributed by atoms with Gasteiger partial charge in [0.1, 0.15) is 0 Å². The Morgan fingerprint density at radius 3 is 2.09 bits per heavy atom. The Balaban J connectivity index is 2.07. The normalized spacial score (nSPS) is 10.1.